The molecule has 0 bridgehead atoms. The minimum Gasteiger partial charge on any atom is -0.388 e. The van der Waals surface area contributed by atoms with Gasteiger partial charge < -0.3 is 15.4 Å². The molecule has 0 spiro atoms. The maximum atomic E-state index is 10.4. The molecule has 102 valence electrons. The largest absolute Gasteiger partial charge is 0.388 e. The number of thiophene rings is 1. The van der Waals surface area contributed by atoms with E-state index in [4.69, 9.17) is 0 Å². The van der Waals surface area contributed by atoms with Crippen molar-refractivity contribution in [3.63, 3.8) is 0 Å². The lowest BCUT2D eigenvalue weighted by Crippen LogP contribution is -2.42. The Morgan fingerprint density at radius 3 is 3.16 bits per heavy atom. The highest BCUT2D eigenvalue weighted by Crippen LogP contribution is 2.29. The summed E-state index contributed by atoms with van der Waals surface area (Å²) >= 11 is 3.52. The summed E-state index contributed by atoms with van der Waals surface area (Å²) in [7, 11) is 0. The third kappa shape index (κ3) is 3.02. The van der Waals surface area contributed by atoms with Gasteiger partial charge in [-0.05, 0) is 23.6 Å². The van der Waals surface area contributed by atoms with E-state index in [0.717, 1.165) is 23.8 Å². The number of aromatic amines is 1. The van der Waals surface area contributed by atoms with Gasteiger partial charge in [-0.2, -0.15) is 11.8 Å². The molecule has 3 rings (SSSR count). The number of nitrogens with zero attached hydrogens (tertiary/aromatic N) is 1. The van der Waals surface area contributed by atoms with Crippen molar-refractivity contribution in [2.24, 2.45) is 0 Å². The highest BCUT2D eigenvalue weighted by molar-refractivity contribution is 7.99. The van der Waals surface area contributed by atoms with Crippen LogP contribution in [0.4, 0.5) is 0 Å². The first-order valence-electron chi connectivity index (χ1n) is 6.33. The van der Waals surface area contributed by atoms with Crippen molar-refractivity contribution < 1.29 is 5.11 Å². The second-order valence-corrected chi connectivity index (χ2v) is 6.92. The summed E-state index contributed by atoms with van der Waals surface area (Å²) in [5.41, 5.74) is -0.577. The highest BCUT2D eigenvalue weighted by atomic mass is 32.2. The molecule has 2 atom stereocenters. The van der Waals surface area contributed by atoms with E-state index < -0.39 is 5.60 Å². The molecule has 4 nitrogen and oxygen atoms in total. The molecule has 1 fully saturated rings. The number of hydrogen-bond acceptors (Lipinski definition) is 5. The van der Waals surface area contributed by atoms with Gasteiger partial charge in [-0.1, -0.05) is 6.07 Å². The van der Waals surface area contributed by atoms with Crippen LogP contribution in [0.5, 0.6) is 0 Å². The summed E-state index contributed by atoms with van der Waals surface area (Å²) in [5.74, 6) is 2.76. The normalized spacial score (nSPS) is 24.7. The van der Waals surface area contributed by atoms with Crippen LogP contribution in [0.2, 0.25) is 0 Å². The Morgan fingerprint density at radius 2 is 2.53 bits per heavy atom. The molecule has 19 heavy (non-hydrogen) atoms. The molecule has 0 aliphatic carbocycles. The van der Waals surface area contributed by atoms with Gasteiger partial charge >= 0.3 is 0 Å². The van der Waals surface area contributed by atoms with Crippen molar-refractivity contribution in [3.8, 4) is 0 Å². The van der Waals surface area contributed by atoms with Crippen molar-refractivity contribution in [2.45, 2.75) is 18.1 Å². The van der Waals surface area contributed by atoms with Gasteiger partial charge in [-0.15, -0.1) is 11.3 Å². The zero-order chi connectivity index (χ0) is 13.1. The Balaban J connectivity index is 1.73. The lowest BCUT2D eigenvalue weighted by atomic mass is 10.0. The molecular weight excluding hydrogens is 278 g/mol. The Bertz CT molecular complexity index is 458. The van der Waals surface area contributed by atoms with Gasteiger partial charge in [0.15, 0.2) is 0 Å². The molecule has 1 saturated heterocycles. The standard InChI is InChI=1S/C13H17N3OS2/c17-13(3-7-18-9-13)8-16-11(10-2-1-6-19-10)12-14-4-5-15-12/h1-2,4-6,11,16-17H,3,7-9H2,(H,14,15)/t11-,13-/m0/s1. The molecule has 6 heteroatoms. The van der Waals surface area contributed by atoms with Crippen molar-refractivity contribution in [2.75, 3.05) is 18.1 Å². The summed E-state index contributed by atoms with van der Waals surface area (Å²) in [6.07, 6.45) is 4.45. The SMILES string of the molecule is O[C@]1(CN[C@H](c2ncc[nH]2)c2cccs2)CCSC1. The molecule has 3 N–H and O–H groups in total. The minimum absolute atomic E-state index is 0.0321. The number of rotatable bonds is 5. The second kappa shape index (κ2) is 5.66. The van der Waals surface area contributed by atoms with E-state index in [1.807, 2.05) is 24.0 Å². The van der Waals surface area contributed by atoms with Crippen LogP contribution in [0, 0.1) is 0 Å². The Morgan fingerprint density at radius 1 is 1.58 bits per heavy atom. The van der Waals surface area contributed by atoms with Gasteiger partial charge in [0.1, 0.15) is 11.9 Å². The lowest BCUT2D eigenvalue weighted by molar-refractivity contribution is 0.0657. The van der Waals surface area contributed by atoms with Crippen LogP contribution in [0.15, 0.2) is 29.9 Å². The molecular formula is C13H17N3OS2. The smallest absolute Gasteiger partial charge is 0.128 e. The average Bonchev–Trinajstić information content (AvgIpc) is 3.11. The summed E-state index contributed by atoms with van der Waals surface area (Å²) in [6, 6.07) is 4.17. The molecule has 3 heterocycles. The second-order valence-electron chi connectivity index (χ2n) is 4.83. The Kier molecular flexibility index (Phi) is 3.93. The van der Waals surface area contributed by atoms with Gasteiger partial charge in [-0.3, -0.25) is 0 Å². The Labute approximate surface area is 120 Å². The fourth-order valence-electron chi connectivity index (χ4n) is 2.25. The van der Waals surface area contributed by atoms with E-state index in [2.05, 4.69) is 26.7 Å². The highest BCUT2D eigenvalue weighted by Gasteiger charge is 2.32. The number of H-pyrrole nitrogens is 1. The number of nitrogens with one attached hydrogen (secondary N) is 2. The quantitative estimate of drug-likeness (QED) is 0.790. The summed E-state index contributed by atoms with van der Waals surface area (Å²) in [5, 5.41) is 15.9. The van der Waals surface area contributed by atoms with Crippen molar-refractivity contribution >= 4 is 23.1 Å². The molecule has 2 aromatic heterocycles. The molecule has 0 aromatic carbocycles. The van der Waals surface area contributed by atoms with Crippen molar-refractivity contribution in [3.05, 3.63) is 40.6 Å². The number of aliphatic hydroxyl groups is 1. The molecule has 1 aliphatic rings. The predicted octanol–water partition coefficient (Wildman–Crippen LogP) is 2.02. The summed E-state index contributed by atoms with van der Waals surface area (Å²) in [4.78, 5) is 8.71. The Hall–Kier alpha value is -0.820. The minimum atomic E-state index is -0.577. The van der Waals surface area contributed by atoms with Crippen LogP contribution in [-0.2, 0) is 0 Å². The molecule has 1 aliphatic heterocycles. The van der Waals surface area contributed by atoms with E-state index in [1.54, 1.807) is 17.5 Å². The lowest BCUT2D eigenvalue weighted by Gasteiger charge is -2.25. The summed E-state index contributed by atoms with van der Waals surface area (Å²) in [6.45, 7) is 0.600. The fourth-order valence-corrected chi connectivity index (χ4v) is 4.35. The fraction of sp³-hybridized carbons (Fsp3) is 0.462. The topological polar surface area (TPSA) is 60.9 Å². The van der Waals surface area contributed by atoms with Crippen LogP contribution in [0.1, 0.15) is 23.2 Å². The predicted molar refractivity (Wildman–Crippen MR) is 79.6 cm³/mol. The van der Waals surface area contributed by atoms with Crippen LogP contribution in [-0.4, -0.2) is 38.7 Å². The molecule has 0 radical (unpaired) electrons. The molecule has 2 aromatic rings. The third-order valence-electron chi connectivity index (χ3n) is 3.34. The monoisotopic (exact) mass is 295 g/mol. The zero-order valence-corrected chi connectivity index (χ0v) is 12.1. The van der Waals surface area contributed by atoms with Gasteiger partial charge in [-0.25, -0.2) is 4.98 Å². The molecule has 0 unspecified atom stereocenters. The molecule has 0 amide bonds. The van der Waals surface area contributed by atoms with E-state index in [-0.39, 0.29) is 6.04 Å². The van der Waals surface area contributed by atoms with E-state index in [1.165, 1.54) is 4.88 Å². The van der Waals surface area contributed by atoms with Crippen molar-refractivity contribution in [1.82, 2.24) is 15.3 Å². The van der Waals surface area contributed by atoms with Gasteiger partial charge in [0.25, 0.3) is 0 Å². The maximum Gasteiger partial charge on any atom is 0.128 e. The van der Waals surface area contributed by atoms with Gasteiger partial charge in [0, 0.05) is 29.6 Å². The first-order valence-corrected chi connectivity index (χ1v) is 8.36. The third-order valence-corrected chi connectivity index (χ3v) is 5.51. The number of thioether (sulfide) groups is 1. The maximum absolute atomic E-state index is 10.4. The van der Waals surface area contributed by atoms with Crippen molar-refractivity contribution in [1.29, 1.82) is 0 Å². The van der Waals surface area contributed by atoms with Crippen LogP contribution >= 0.6 is 23.1 Å². The number of aromatic nitrogens is 2. The molecule has 0 saturated carbocycles. The van der Waals surface area contributed by atoms with E-state index in [9.17, 15) is 5.11 Å². The number of hydrogen-bond donors (Lipinski definition) is 3. The first kappa shape index (κ1) is 13.2. The zero-order valence-electron chi connectivity index (χ0n) is 10.5. The van der Waals surface area contributed by atoms with E-state index >= 15 is 0 Å². The van der Waals surface area contributed by atoms with Crippen LogP contribution in [0.3, 0.4) is 0 Å². The summed E-state index contributed by atoms with van der Waals surface area (Å²) < 4.78 is 0. The van der Waals surface area contributed by atoms with E-state index in [0.29, 0.717) is 6.54 Å². The van der Waals surface area contributed by atoms with Gasteiger partial charge in [0.05, 0.1) is 5.60 Å². The van der Waals surface area contributed by atoms with Crippen LogP contribution < -0.4 is 5.32 Å². The first-order chi connectivity index (χ1) is 9.27. The number of imidazole rings is 1. The average molecular weight is 295 g/mol. The van der Waals surface area contributed by atoms with Gasteiger partial charge in [0.2, 0.25) is 0 Å². The van der Waals surface area contributed by atoms with Crippen LogP contribution in [0.25, 0.3) is 0 Å².